The zero-order valence-corrected chi connectivity index (χ0v) is 19.4. The summed E-state index contributed by atoms with van der Waals surface area (Å²) in [6, 6.07) is 19.9. The molecule has 0 unspecified atom stereocenters. The van der Waals surface area contributed by atoms with E-state index in [1.807, 2.05) is 7.05 Å². The fourth-order valence-electron chi connectivity index (χ4n) is 3.72. The largest absolute Gasteiger partial charge is 0.354 e. The van der Waals surface area contributed by atoms with Crippen LogP contribution in [0.3, 0.4) is 0 Å². The number of benzene rings is 2. The predicted octanol–water partition coefficient (Wildman–Crippen LogP) is 4.20. The van der Waals surface area contributed by atoms with Crippen LogP contribution in [0.25, 0.3) is 0 Å². The van der Waals surface area contributed by atoms with Crippen molar-refractivity contribution in [3.63, 3.8) is 0 Å². The number of rotatable bonds is 6. The van der Waals surface area contributed by atoms with Gasteiger partial charge in [-0.15, -0.1) is 24.0 Å². The Hall–Kier alpha value is -1.60. The Balaban J connectivity index is 0.00000280. The van der Waals surface area contributed by atoms with Crippen LogP contribution >= 0.6 is 24.0 Å². The molecule has 0 bridgehead atoms. The van der Waals surface area contributed by atoms with Crippen LogP contribution in [0.15, 0.2) is 59.6 Å². The molecular weight excluding hydrogens is 459 g/mol. The van der Waals surface area contributed by atoms with Gasteiger partial charge in [0.2, 0.25) is 0 Å². The molecule has 5 heteroatoms. The molecule has 1 aliphatic heterocycles. The van der Waals surface area contributed by atoms with Gasteiger partial charge in [0.1, 0.15) is 0 Å². The molecule has 4 nitrogen and oxygen atoms in total. The van der Waals surface area contributed by atoms with Gasteiger partial charge in [0.25, 0.3) is 0 Å². The number of hydrogen-bond donors (Lipinski definition) is 2. The zero-order chi connectivity index (χ0) is 18.9. The van der Waals surface area contributed by atoms with Crippen LogP contribution in [0, 0.1) is 0 Å². The molecule has 0 saturated carbocycles. The summed E-state index contributed by atoms with van der Waals surface area (Å²) in [4.78, 5) is 6.96. The van der Waals surface area contributed by atoms with Gasteiger partial charge in [-0.2, -0.15) is 0 Å². The first-order valence-corrected chi connectivity index (χ1v) is 10.1. The Bertz CT molecular complexity index is 724. The third-order valence-electron chi connectivity index (χ3n) is 5.35. The summed E-state index contributed by atoms with van der Waals surface area (Å²) in [5.74, 6) is 0.905. The van der Waals surface area contributed by atoms with Gasteiger partial charge in [-0.25, -0.2) is 0 Å². The molecule has 0 amide bonds. The molecule has 1 heterocycles. The lowest BCUT2D eigenvalue weighted by Crippen LogP contribution is -2.48. The Labute approximate surface area is 186 Å². The summed E-state index contributed by atoms with van der Waals surface area (Å²) < 4.78 is 0. The van der Waals surface area contributed by atoms with Crippen LogP contribution in [0.1, 0.15) is 36.5 Å². The maximum atomic E-state index is 4.42. The smallest absolute Gasteiger partial charge is 0.191 e. The van der Waals surface area contributed by atoms with E-state index in [-0.39, 0.29) is 24.0 Å². The van der Waals surface area contributed by atoms with E-state index in [1.165, 1.54) is 16.7 Å². The predicted molar refractivity (Wildman–Crippen MR) is 129 cm³/mol. The second kappa shape index (κ2) is 12.1. The first-order chi connectivity index (χ1) is 13.3. The average Bonchev–Trinajstić information content (AvgIpc) is 2.73. The van der Waals surface area contributed by atoms with Gasteiger partial charge in [-0.1, -0.05) is 61.5 Å². The highest BCUT2D eigenvalue weighted by Crippen LogP contribution is 2.14. The van der Waals surface area contributed by atoms with Crippen LogP contribution in [0.5, 0.6) is 0 Å². The van der Waals surface area contributed by atoms with E-state index in [4.69, 9.17) is 0 Å². The van der Waals surface area contributed by atoms with E-state index < -0.39 is 0 Å². The number of aryl methyl sites for hydroxylation is 1. The second-order valence-electron chi connectivity index (χ2n) is 7.23. The summed E-state index contributed by atoms with van der Waals surface area (Å²) >= 11 is 0. The molecule has 2 aromatic rings. The van der Waals surface area contributed by atoms with Crippen molar-refractivity contribution in [2.75, 3.05) is 20.1 Å². The van der Waals surface area contributed by atoms with Gasteiger partial charge in [-0.3, -0.25) is 9.89 Å². The molecule has 0 radical (unpaired) electrons. The van der Waals surface area contributed by atoms with E-state index in [0.29, 0.717) is 6.04 Å². The van der Waals surface area contributed by atoms with Crippen molar-refractivity contribution in [2.45, 2.75) is 45.3 Å². The van der Waals surface area contributed by atoms with Crippen LogP contribution in [0.2, 0.25) is 0 Å². The number of piperidine rings is 1. The number of hydrogen-bond acceptors (Lipinski definition) is 2. The molecule has 28 heavy (non-hydrogen) atoms. The fourth-order valence-corrected chi connectivity index (χ4v) is 3.72. The molecule has 2 aromatic carbocycles. The van der Waals surface area contributed by atoms with Crippen molar-refractivity contribution in [1.82, 2.24) is 15.5 Å². The lowest BCUT2D eigenvalue weighted by Gasteiger charge is -2.33. The fraction of sp³-hybridized carbons (Fsp3) is 0.435. The van der Waals surface area contributed by atoms with Crippen molar-refractivity contribution in [2.24, 2.45) is 4.99 Å². The van der Waals surface area contributed by atoms with Gasteiger partial charge >= 0.3 is 0 Å². The van der Waals surface area contributed by atoms with Crippen molar-refractivity contribution in [1.29, 1.82) is 0 Å². The van der Waals surface area contributed by atoms with Crippen molar-refractivity contribution < 1.29 is 0 Å². The maximum Gasteiger partial charge on any atom is 0.191 e. The standard InChI is InChI=1S/C23H32N4.HI/c1-3-20-11-7-8-12-21(20)17-25-23(24-2)26-22-13-15-27(16-14-22)18-19-9-5-4-6-10-19;/h4-12,22H,3,13-18H2,1-2H3,(H2,24,25,26);1H. The molecule has 0 aromatic heterocycles. The van der Waals surface area contributed by atoms with Crippen LogP contribution in [-0.4, -0.2) is 37.0 Å². The Kier molecular flexibility index (Phi) is 9.78. The molecule has 0 atom stereocenters. The van der Waals surface area contributed by atoms with E-state index in [9.17, 15) is 0 Å². The second-order valence-corrected chi connectivity index (χ2v) is 7.23. The van der Waals surface area contributed by atoms with E-state index in [2.05, 4.69) is 82.0 Å². The molecule has 3 rings (SSSR count). The van der Waals surface area contributed by atoms with E-state index in [1.54, 1.807) is 0 Å². The molecule has 1 fully saturated rings. The number of aliphatic imine (C=N–C) groups is 1. The number of likely N-dealkylation sites (tertiary alicyclic amines) is 1. The topological polar surface area (TPSA) is 39.7 Å². The molecule has 0 aliphatic carbocycles. The van der Waals surface area contributed by atoms with E-state index in [0.717, 1.165) is 51.4 Å². The van der Waals surface area contributed by atoms with Gasteiger partial charge in [0, 0.05) is 39.3 Å². The third-order valence-corrected chi connectivity index (χ3v) is 5.35. The monoisotopic (exact) mass is 492 g/mol. The SMILES string of the molecule is CCc1ccccc1CNC(=NC)NC1CCN(Cc2ccccc2)CC1.I. The third kappa shape index (κ3) is 6.78. The van der Waals surface area contributed by atoms with Gasteiger partial charge in [0.15, 0.2) is 5.96 Å². The van der Waals surface area contributed by atoms with E-state index >= 15 is 0 Å². The van der Waals surface area contributed by atoms with Crippen LogP contribution < -0.4 is 10.6 Å². The molecule has 2 N–H and O–H groups in total. The molecule has 1 saturated heterocycles. The maximum absolute atomic E-state index is 4.42. The number of nitrogens with zero attached hydrogens (tertiary/aromatic N) is 2. The van der Waals surface area contributed by atoms with Crippen molar-refractivity contribution >= 4 is 29.9 Å². The highest BCUT2D eigenvalue weighted by atomic mass is 127. The lowest BCUT2D eigenvalue weighted by molar-refractivity contribution is 0.198. The number of guanidine groups is 1. The Morgan fingerprint density at radius 2 is 1.64 bits per heavy atom. The minimum atomic E-state index is 0. The summed E-state index contributed by atoms with van der Waals surface area (Å²) in [7, 11) is 1.85. The quantitative estimate of drug-likeness (QED) is 0.361. The average molecular weight is 492 g/mol. The van der Waals surface area contributed by atoms with Gasteiger partial charge in [0.05, 0.1) is 0 Å². The molecule has 1 aliphatic rings. The summed E-state index contributed by atoms with van der Waals surface area (Å²) in [6.45, 7) is 6.32. The van der Waals surface area contributed by atoms with Gasteiger partial charge < -0.3 is 10.6 Å². The first-order valence-electron chi connectivity index (χ1n) is 10.1. The molecule has 152 valence electrons. The summed E-state index contributed by atoms with van der Waals surface area (Å²) in [6.07, 6.45) is 3.36. The highest BCUT2D eigenvalue weighted by molar-refractivity contribution is 14.0. The van der Waals surface area contributed by atoms with Crippen molar-refractivity contribution in [3.05, 3.63) is 71.3 Å². The van der Waals surface area contributed by atoms with Crippen LogP contribution in [0.4, 0.5) is 0 Å². The normalized spacial score (nSPS) is 15.7. The molecular formula is C23H33IN4. The minimum absolute atomic E-state index is 0. The molecule has 0 spiro atoms. The lowest BCUT2D eigenvalue weighted by atomic mass is 10.0. The highest BCUT2D eigenvalue weighted by Gasteiger charge is 2.20. The first kappa shape index (κ1) is 22.7. The number of nitrogens with one attached hydrogen (secondary N) is 2. The zero-order valence-electron chi connectivity index (χ0n) is 17.0. The van der Waals surface area contributed by atoms with Crippen LogP contribution in [-0.2, 0) is 19.5 Å². The summed E-state index contributed by atoms with van der Waals surface area (Å²) in [5.41, 5.74) is 4.14. The van der Waals surface area contributed by atoms with Crippen molar-refractivity contribution in [3.8, 4) is 0 Å². The number of halogens is 1. The summed E-state index contributed by atoms with van der Waals surface area (Å²) in [5, 5.41) is 7.09. The van der Waals surface area contributed by atoms with Gasteiger partial charge in [-0.05, 0) is 36.0 Å². The minimum Gasteiger partial charge on any atom is -0.354 e. The Morgan fingerprint density at radius 1 is 1.00 bits per heavy atom. The Morgan fingerprint density at radius 3 is 2.29 bits per heavy atom.